The molecule has 38 heavy (non-hydrogen) atoms. The molecule has 1 aromatic rings. The summed E-state index contributed by atoms with van der Waals surface area (Å²) in [6.45, 7) is 14.5. The molecule has 0 unspecified atom stereocenters. The van der Waals surface area contributed by atoms with Crippen LogP contribution in [0.5, 0.6) is 5.75 Å². The number of hydrogen-bond acceptors (Lipinski definition) is 3. The highest BCUT2D eigenvalue weighted by atomic mass is 16.7. The SMILES string of the molecule is Cc1ccc(OC(=O)O[C@H]2CC[C@@]3(C)C(=CC[C@@H]4[C@H]5CC[C@@H]([C@@H](C)CCCC(C)C)[C@]5(C)CC[C@H]43)C2)cc1. The molecule has 3 nitrogen and oxygen atoms in total. The lowest BCUT2D eigenvalue weighted by atomic mass is 9.47. The molecule has 0 amide bonds. The summed E-state index contributed by atoms with van der Waals surface area (Å²) in [5, 5.41) is 0. The van der Waals surface area contributed by atoms with E-state index in [4.69, 9.17) is 9.47 Å². The quantitative estimate of drug-likeness (QED) is 0.204. The molecule has 0 aliphatic heterocycles. The molecule has 0 radical (unpaired) electrons. The van der Waals surface area contributed by atoms with Crippen molar-refractivity contribution in [2.45, 2.75) is 118 Å². The van der Waals surface area contributed by atoms with Gasteiger partial charge in [0.1, 0.15) is 11.9 Å². The summed E-state index contributed by atoms with van der Waals surface area (Å²) < 4.78 is 11.3. The van der Waals surface area contributed by atoms with E-state index < -0.39 is 6.16 Å². The van der Waals surface area contributed by atoms with E-state index in [1.807, 2.05) is 31.2 Å². The van der Waals surface area contributed by atoms with E-state index in [1.165, 1.54) is 51.4 Å². The Labute approximate surface area is 232 Å². The molecule has 0 spiro atoms. The highest BCUT2D eigenvalue weighted by Crippen LogP contribution is 2.67. The van der Waals surface area contributed by atoms with E-state index in [1.54, 1.807) is 5.57 Å². The number of ether oxygens (including phenoxy) is 2. The smallest absolute Gasteiger partial charge is 0.430 e. The average molecular weight is 521 g/mol. The van der Waals surface area contributed by atoms with Gasteiger partial charge in [-0.25, -0.2) is 4.79 Å². The van der Waals surface area contributed by atoms with Crippen molar-refractivity contribution in [3.05, 3.63) is 41.5 Å². The van der Waals surface area contributed by atoms with Gasteiger partial charge in [-0.05, 0) is 110 Å². The zero-order valence-corrected chi connectivity index (χ0v) is 24.9. The van der Waals surface area contributed by atoms with Gasteiger partial charge < -0.3 is 9.47 Å². The van der Waals surface area contributed by atoms with Crippen molar-refractivity contribution in [1.82, 2.24) is 0 Å². The third-order valence-corrected chi connectivity index (χ3v) is 11.7. The van der Waals surface area contributed by atoms with Crippen molar-refractivity contribution in [2.75, 3.05) is 0 Å². The molecule has 8 atom stereocenters. The molecule has 4 aliphatic rings. The maximum absolute atomic E-state index is 12.5. The van der Waals surface area contributed by atoms with Gasteiger partial charge in [-0.1, -0.05) is 83.2 Å². The number of aryl methyl sites for hydroxylation is 1. The van der Waals surface area contributed by atoms with Crippen LogP contribution >= 0.6 is 0 Å². The van der Waals surface area contributed by atoms with E-state index in [0.717, 1.165) is 60.3 Å². The predicted octanol–water partition coefficient (Wildman–Crippen LogP) is 9.92. The molecule has 0 saturated heterocycles. The normalized spacial score (nSPS) is 37.0. The molecule has 1 aromatic carbocycles. The summed E-state index contributed by atoms with van der Waals surface area (Å²) in [5.74, 6) is 5.64. The van der Waals surface area contributed by atoms with E-state index in [9.17, 15) is 4.79 Å². The molecule has 3 heteroatoms. The van der Waals surface area contributed by atoms with Crippen molar-refractivity contribution in [2.24, 2.45) is 46.3 Å². The van der Waals surface area contributed by atoms with Gasteiger partial charge in [-0.15, -0.1) is 0 Å². The maximum Gasteiger partial charge on any atom is 0.514 e. The topological polar surface area (TPSA) is 35.5 Å². The van der Waals surface area contributed by atoms with Crippen LogP contribution < -0.4 is 4.74 Å². The van der Waals surface area contributed by atoms with Crippen LogP contribution in [0.2, 0.25) is 0 Å². The molecular formula is C35H52O3. The Kier molecular flexibility index (Phi) is 8.05. The molecule has 0 heterocycles. The Balaban J connectivity index is 1.21. The van der Waals surface area contributed by atoms with Crippen molar-refractivity contribution in [1.29, 1.82) is 0 Å². The summed E-state index contributed by atoms with van der Waals surface area (Å²) in [5.41, 5.74) is 3.50. The van der Waals surface area contributed by atoms with Crippen molar-refractivity contribution in [3.8, 4) is 5.75 Å². The third kappa shape index (κ3) is 5.33. The van der Waals surface area contributed by atoms with Gasteiger partial charge in [0.25, 0.3) is 0 Å². The van der Waals surface area contributed by atoms with Crippen LogP contribution in [0.4, 0.5) is 4.79 Å². The molecule has 3 fully saturated rings. The van der Waals surface area contributed by atoms with E-state index in [2.05, 4.69) is 40.7 Å². The van der Waals surface area contributed by atoms with Crippen LogP contribution in [0.1, 0.15) is 111 Å². The lowest BCUT2D eigenvalue weighted by molar-refractivity contribution is -0.0597. The van der Waals surface area contributed by atoms with Crippen LogP contribution in [-0.4, -0.2) is 12.3 Å². The minimum Gasteiger partial charge on any atom is -0.430 e. The molecule has 4 aliphatic carbocycles. The molecule has 0 aromatic heterocycles. The lowest BCUT2D eigenvalue weighted by Gasteiger charge is -2.58. The lowest BCUT2D eigenvalue weighted by Crippen LogP contribution is -2.51. The van der Waals surface area contributed by atoms with Crippen molar-refractivity contribution in [3.63, 3.8) is 0 Å². The van der Waals surface area contributed by atoms with Gasteiger partial charge in [0.2, 0.25) is 0 Å². The van der Waals surface area contributed by atoms with Crippen LogP contribution in [0.15, 0.2) is 35.9 Å². The number of benzene rings is 1. The Bertz CT molecular complexity index is 1010. The highest BCUT2D eigenvalue weighted by Gasteiger charge is 2.59. The number of rotatable bonds is 7. The minimum atomic E-state index is -0.565. The molecule has 0 bridgehead atoms. The second kappa shape index (κ2) is 11.0. The van der Waals surface area contributed by atoms with E-state index in [-0.39, 0.29) is 11.5 Å². The Morgan fingerprint density at radius 3 is 2.47 bits per heavy atom. The van der Waals surface area contributed by atoms with Gasteiger partial charge >= 0.3 is 6.16 Å². The molecule has 0 N–H and O–H groups in total. The van der Waals surface area contributed by atoms with Crippen molar-refractivity contribution >= 4 is 6.16 Å². The number of hydrogen-bond donors (Lipinski definition) is 0. The largest absolute Gasteiger partial charge is 0.514 e. The van der Waals surface area contributed by atoms with Crippen LogP contribution in [-0.2, 0) is 4.74 Å². The van der Waals surface area contributed by atoms with E-state index >= 15 is 0 Å². The zero-order valence-electron chi connectivity index (χ0n) is 24.9. The van der Waals surface area contributed by atoms with Crippen LogP contribution in [0.25, 0.3) is 0 Å². The first kappa shape index (κ1) is 27.8. The summed E-state index contributed by atoms with van der Waals surface area (Å²) >= 11 is 0. The van der Waals surface area contributed by atoms with Gasteiger partial charge in [-0.3, -0.25) is 0 Å². The summed E-state index contributed by atoms with van der Waals surface area (Å²) in [4.78, 5) is 12.5. The first-order valence-corrected chi connectivity index (χ1v) is 15.7. The number of allylic oxidation sites excluding steroid dienone is 1. The fraction of sp³-hybridized carbons (Fsp3) is 0.743. The second-order valence-electron chi connectivity index (χ2n) is 14.4. The molecular weight excluding hydrogens is 468 g/mol. The Morgan fingerprint density at radius 1 is 0.974 bits per heavy atom. The number of fused-ring (bicyclic) bond motifs is 5. The first-order valence-electron chi connectivity index (χ1n) is 15.7. The molecule has 5 rings (SSSR count). The summed E-state index contributed by atoms with van der Waals surface area (Å²) in [6.07, 6.45) is 16.0. The van der Waals surface area contributed by atoms with Crippen LogP contribution in [0, 0.1) is 53.3 Å². The van der Waals surface area contributed by atoms with Gasteiger partial charge in [0.05, 0.1) is 0 Å². The van der Waals surface area contributed by atoms with Gasteiger partial charge in [0, 0.05) is 6.42 Å². The molecule has 3 saturated carbocycles. The number of carbonyl (C=O) groups is 1. The third-order valence-electron chi connectivity index (χ3n) is 11.7. The average Bonchev–Trinajstić information content (AvgIpc) is 3.23. The van der Waals surface area contributed by atoms with Gasteiger partial charge in [0.15, 0.2) is 0 Å². The summed E-state index contributed by atoms with van der Waals surface area (Å²) in [7, 11) is 0. The standard InChI is InChI=1S/C35H52O3/c1-23(2)8-7-9-25(4)30-16-17-31-29-15-12-26-22-28(38-33(36)37-27-13-10-24(3)11-14-27)18-20-34(26,5)32(29)19-21-35(30,31)6/h10-14,23,25,28-32H,7-9,15-22H2,1-6H3/t25-,28-,29+,30-,31+,32+,34-,35-/m0/s1. The Hall–Kier alpha value is -1.77. The van der Waals surface area contributed by atoms with Gasteiger partial charge in [-0.2, -0.15) is 0 Å². The minimum absolute atomic E-state index is 0.0692. The van der Waals surface area contributed by atoms with E-state index in [0.29, 0.717) is 11.2 Å². The van der Waals surface area contributed by atoms with Crippen molar-refractivity contribution < 1.29 is 14.3 Å². The summed E-state index contributed by atoms with van der Waals surface area (Å²) in [6, 6.07) is 7.56. The monoisotopic (exact) mass is 520 g/mol. The number of carbonyl (C=O) groups excluding carboxylic acids is 1. The zero-order chi connectivity index (χ0) is 27.1. The Morgan fingerprint density at radius 2 is 1.74 bits per heavy atom. The maximum atomic E-state index is 12.5. The second-order valence-corrected chi connectivity index (χ2v) is 14.4. The van der Waals surface area contributed by atoms with Crippen LogP contribution in [0.3, 0.4) is 0 Å². The molecule has 210 valence electrons. The predicted molar refractivity (Wildman–Crippen MR) is 155 cm³/mol. The fourth-order valence-corrected chi connectivity index (χ4v) is 9.62. The first-order chi connectivity index (χ1) is 18.1. The highest BCUT2D eigenvalue weighted by molar-refractivity contribution is 5.64. The fourth-order valence-electron chi connectivity index (χ4n) is 9.62.